The number of nitrogens with zero attached hydrogens (tertiary/aromatic N) is 1. The van der Waals surface area contributed by atoms with Crippen molar-refractivity contribution >= 4 is 18.8 Å². The summed E-state index contributed by atoms with van der Waals surface area (Å²) in [6, 6.07) is -0.353. The summed E-state index contributed by atoms with van der Waals surface area (Å²) in [4.78, 5) is 10.3. The van der Waals surface area contributed by atoms with Crippen LogP contribution in [0, 0.1) is 0 Å². The Morgan fingerprint density at radius 3 is 2.67 bits per heavy atom. The number of rotatable bonds is 1. The van der Waals surface area contributed by atoms with Crippen molar-refractivity contribution in [2.75, 3.05) is 6.54 Å². The average Bonchev–Trinajstić information content (AvgIpc) is 2.13. The van der Waals surface area contributed by atoms with Crippen molar-refractivity contribution in [1.29, 1.82) is 0 Å². The van der Waals surface area contributed by atoms with E-state index in [2.05, 4.69) is 12.8 Å². The third-order valence-corrected chi connectivity index (χ3v) is 1.99. The van der Waals surface area contributed by atoms with Gasteiger partial charge >= 0.3 is 5.97 Å². The Morgan fingerprint density at radius 2 is 2.44 bits per heavy atom. The molecule has 52 valence electrons. The SMILES string of the molecule is O=C(O)C1CCCN1S. The molecule has 0 saturated carbocycles. The van der Waals surface area contributed by atoms with Crippen molar-refractivity contribution in [1.82, 2.24) is 4.31 Å². The van der Waals surface area contributed by atoms with E-state index in [1.54, 1.807) is 4.31 Å². The molecule has 1 unspecified atom stereocenters. The van der Waals surface area contributed by atoms with E-state index in [1.807, 2.05) is 0 Å². The molecule has 1 N–H and O–H groups in total. The second-order valence-electron chi connectivity index (χ2n) is 2.16. The lowest BCUT2D eigenvalue weighted by Gasteiger charge is -2.11. The Morgan fingerprint density at radius 1 is 1.78 bits per heavy atom. The number of carbonyl (C=O) groups is 1. The molecule has 1 heterocycles. The van der Waals surface area contributed by atoms with Crippen LogP contribution in [0.25, 0.3) is 0 Å². The van der Waals surface area contributed by atoms with Gasteiger partial charge in [0.05, 0.1) is 0 Å². The molecule has 3 nitrogen and oxygen atoms in total. The second kappa shape index (κ2) is 2.58. The maximum Gasteiger partial charge on any atom is 0.321 e. The van der Waals surface area contributed by atoms with Crippen molar-refractivity contribution in [3.63, 3.8) is 0 Å². The minimum absolute atomic E-state index is 0.353. The maximum absolute atomic E-state index is 10.3. The summed E-state index contributed by atoms with van der Waals surface area (Å²) >= 11 is 3.98. The Bertz CT molecular complexity index is 128. The molecule has 1 aliphatic rings. The van der Waals surface area contributed by atoms with Gasteiger partial charge in [-0.3, -0.25) is 4.79 Å². The van der Waals surface area contributed by atoms with E-state index in [-0.39, 0.29) is 6.04 Å². The number of aliphatic carboxylic acids is 1. The molecule has 1 rings (SSSR count). The predicted molar refractivity (Wildman–Crippen MR) is 36.3 cm³/mol. The standard InChI is InChI=1S/C5H9NO2S/c7-5(8)4-2-1-3-6(4)9/h4,9H,1-3H2,(H,7,8). The van der Waals surface area contributed by atoms with Gasteiger partial charge < -0.3 is 5.11 Å². The quantitative estimate of drug-likeness (QED) is 0.527. The average molecular weight is 147 g/mol. The summed E-state index contributed by atoms with van der Waals surface area (Å²) in [6.45, 7) is 0.792. The first-order valence-corrected chi connectivity index (χ1v) is 3.30. The number of thiol groups is 1. The van der Waals surface area contributed by atoms with Crippen LogP contribution >= 0.6 is 12.8 Å². The summed E-state index contributed by atoms with van der Waals surface area (Å²) in [5.41, 5.74) is 0. The normalized spacial score (nSPS) is 28.8. The smallest absolute Gasteiger partial charge is 0.321 e. The number of hydrogen-bond acceptors (Lipinski definition) is 3. The zero-order valence-corrected chi connectivity index (χ0v) is 5.84. The molecule has 1 atom stereocenters. The van der Waals surface area contributed by atoms with Crippen molar-refractivity contribution in [2.24, 2.45) is 0 Å². The van der Waals surface area contributed by atoms with Gasteiger partial charge in [-0.15, -0.1) is 0 Å². The summed E-state index contributed by atoms with van der Waals surface area (Å²) in [5, 5.41) is 8.49. The van der Waals surface area contributed by atoms with E-state index in [9.17, 15) is 4.79 Å². The molecule has 0 bridgehead atoms. The summed E-state index contributed by atoms with van der Waals surface area (Å²) < 4.78 is 1.57. The van der Waals surface area contributed by atoms with E-state index in [4.69, 9.17) is 5.11 Å². The zero-order chi connectivity index (χ0) is 6.85. The third-order valence-electron chi connectivity index (χ3n) is 1.51. The molecule has 1 aliphatic heterocycles. The van der Waals surface area contributed by atoms with Gasteiger partial charge in [0.25, 0.3) is 0 Å². The van der Waals surface area contributed by atoms with E-state index in [1.165, 1.54) is 0 Å². The van der Waals surface area contributed by atoms with Gasteiger partial charge in [-0.2, -0.15) is 0 Å². The first kappa shape index (κ1) is 6.89. The van der Waals surface area contributed by atoms with Crippen LogP contribution in [0.15, 0.2) is 0 Å². The minimum atomic E-state index is -0.762. The van der Waals surface area contributed by atoms with E-state index < -0.39 is 5.97 Å². The molecule has 1 saturated heterocycles. The molecule has 0 aromatic heterocycles. The largest absolute Gasteiger partial charge is 0.480 e. The molecule has 4 heteroatoms. The fourth-order valence-corrected chi connectivity index (χ4v) is 1.36. The van der Waals surface area contributed by atoms with Crippen molar-refractivity contribution in [3.8, 4) is 0 Å². The van der Waals surface area contributed by atoms with Crippen LogP contribution < -0.4 is 0 Å². The fourth-order valence-electron chi connectivity index (χ4n) is 1.00. The molecule has 0 radical (unpaired) electrons. The summed E-state index contributed by atoms with van der Waals surface area (Å²) in [6.07, 6.45) is 1.68. The molecular formula is C5H9NO2S. The molecule has 0 aromatic rings. The zero-order valence-electron chi connectivity index (χ0n) is 4.95. The van der Waals surface area contributed by atoms with Gasteiger partial charge in [0.2, 0.25) is 0 Å². The molecular weight excluding hydrogens is 138 g/mol. The second-order valence-corrected chi connectivity index (χ2v) is 2.67. The molecule has 0 aromatic carbocycles. The molecule has 9 heavy (non-hydrogen) atoms. The lowest BCUT2D eigenvalue weighted by Crippen LogP contribution is -2.28. The highest BCUT2D eigenvalue weighted by Gasteiger charge is 2.27. The van der Waals surface area contributed by atoms with Crippen LogP contribution in [-0.2, 0) is 4.79 Å². The molecule has 1 fully saturated rings. The predicted octanol–water partition coefficient (Wildman–Crippen LogP) is 0.380. The number of carboxylic acids is 1. The Balaban J connectivity index is 2.49. The van der Waals surface area contributed by atoms with Crippen molar-refractivity contribution in [2.45, 2.75) is 18.9 Å². The van der Waals surface area contributed by atoms with Crippen molar-refractivity contribution in [3.05, 3.63) is 0 Å². The lowest BCUT2D eigenvalue weighted by molar-refractivity contribution is -0.140. The van der Waals surface area contributed by atoms with Gasteiger partial charge in [0.1, 0.15) is 6.04 Å². The first-order chi connectivity index (χ1) is 4.22. The van der Waals surface area contributed by atoms with E-state index >= 15 is 0 Å². The highest BCUT2D eigenvalue weighted by atomic mass is 32.1. The first-order valence-electron chi connectivity index (χ1n) is 2.90. The van der Waals surface area contributed by atoms with Crippen LogP contribution in [0.3, 0.4) is 0 Å². The van der Waals surface area contributed by atoms with E-state index in [0.717, 1.165) is 19.4 Å². The van der Waals surface area contributed by atoms with Crippen LogP contribution in [0.5, 0.6) is 0 Å². The number of hydrogen-bond donors (Lipinski definition) is 2. The lowest BCUT2D eigenvalue weighted by atomic mass is 10.2. The molecule has 0 aliphatic carbocycles. The van der Waals surface area contributed by atoms with Gasteiger partial charge in [-0.05, 0) is 12.8 Å². The molecule has 0 amide bonds. The van der Waals surface area contributed by atoms with Crippen LogP contribution in [-0.4, -0.2) is 28.0 Å². The van der Waals surface area contributed by atoms with Crippen LogP contribution in [0.2, 0.25) is 0 Å². The highest BCUT2D eigenvalue weighted by Crippen LogP contribution is 2.18. The topological polar surface area (TPSA) is 40.5 Å². The van der Waals surface area contributed by atoms with Crippen LogP contribution in [0.1, 0.15) is 12.8 Å². The van der Waals surface area contributed by atoms with Gasteiger partial charge in [0.15, 0.2) is 0 Å². The highest BCUT2D eigenvalue weighted by molar-refractivity contribution is 7.77. The monoisotopic (exact) mass is 147 g/mol. The van der Waals surface area contributed by atoms with Crippen LogP contribution in [0.4, 0.5) is 0 Å². The third kappa shape index (κ3) is 1.37. The summed E-state index contributed by atoms with van der Waals surface area (Å²) in [5.74, 6) is -0.762. The fraction of sp³-hybridized carbons (Fsp3) is 0.800. The molecule has 0 spiro atoms. The van der Waals surface area contributed by atoms with Gasteiger partial charge in [-0.1, -0.05) is 12.8 Å². The Labute approximate surface area is 59.2 Å². The van der Waals surface area contributed by atoms with Gasteiger partial charge in [0, 0.05) is 6.54 Å². The van der Waals surface area contributed by atoms with Gasteiger partial charge in [-0.25, -0.2) is 4.31 Å². The van der Waals surface area contributed by atoms with E-state index in [0.29, 0.717) is 0 Å². The number of carboxylic acid groups (broad SMARTS) is 1. The maximum atomic E-state index is 10.3. The Kier molecular flexibility index (Phi) is 1.97. The minimum Gasteiger partial charge on any atom is -0.480 e. The Hall–Kier alpha value is -0.220. The summed E-state index contributed by atoms with van der Waals surface area (Å²) in [7, 11) is 0. The van der Waals surface area contributed by atoms with Crippen molar-refractivity contribution < 1.29 is 9.90 Å².